The maximum Gasteiger partial charge on any atom is 0.258 e. The number of halogens is 1. The first-order chi connectivity index (χ1) is 6.18. The van der Waals surface area contributed by atoms with Crippen LogP contribution in [-0.4, -0.2) is 4.57 Å². The zero-order valence-corrected chi connectivity index (χ0v) is 8.71. The van der Waals surface area contributed by atoms with Crippen LogP contribution in [0.1, 0.15) is 0 Å². The summed E-state index contributed by atoms with van der Waals surface area (Å²) in [5, 5.41) is 1.73. The van der Waals surface area contributed by atoms with Gasteiger partial charge < -0.3 is 4.57 Å². The molecule has 1 aromatic carbocycles. The van der Waals surface area contributed by atoms with Gasteiger partial charge in [0.15, 0.2) is 0 Å². The van der Waals surface area contributed by atoms with Crippen molar-refractivity contribution < 1.29 is 0 Å². The summed E-state index contributed by atoms with van der Waals surface area (Å²) in [5.74, 6) is 0. The Kier molecular flexibility index (Phi) is 1.96. The smallest absolute Gasteiger partial charge is 0.258 e. The van der Waals surface area contributed by atoms with Gasteiger partial charge in [-0.25, -0.2) is 0 Å². The Morgan fingerprint density at radius 2 is 2.08 bits per heavy atom. The monoisotopic (exact) mass is 237 g/mol. The molecule has 0 fully saturated rings. The molecule has 13 heavy (non-hydrogen) atoms. The van der Waals surface area contributed by atoms with Gasteiger partial charge in [-0.1, -0.05) is 22.0 Å². The fourth-order valence-corrected chi connectivity index (χ4v) is 1.67. The summed E-state index contributed by atoms with van der Waals surface area (Å²) >= 11 is 3.34. The molecule has 1 aromatic heterocycles. The minimum Gasteiger partial charge on any atom is -0.318 e. The van der Waals surface area contributed by atoms with Crippen LogP contribution in [0.2, 0.25) is 0 Å². The second-order valence-corrected chi connectivity index (χ2v) is 3.88. The van der Waals surface area contributed by atoms with Gasteiger partial charge in [0.25, 0.3) is 5.56 Å². The number of pyridine rings is 1. The maximum absolute atomic E-state index is 11.6. The van der Waals surface area contributed by atoms with Gasteiger partial charge in [-0.05, 0) is 23.6 Å². The highest BCUT2D eigenvalue weighted by Gasteiger charge is 1.99. The van der Waals surface area contributed by atoms with E-state index in [1.807, 2.05) is 24.3 Å². The van der Waals surface area contributed by atoms with Crippen molar-refractivity contribution >= 4 is 26.7 Å². The van der Waals surface area contributed by atoms with E-state index in [0.717, 1.165) is 15.2 Å². The van der Waals surface area contributed by atoms with Crippen LogP contribution in [-0.2, 0) is 7.05 Å². The first-order valence-electron chi connectivity index (χ1n) is 3.93. The van der Waals surface area contributed by atoms with E-state index in [9.17, 15) is 4.79 Å². The van der Waals surface area contributed by atoms with Crippen molar-refractivity contribution in [2.24, 2.45) is 7.05 Å². The number of benzene rings is 1. The SMILES string of the molecule is Cn1ccc2ccc(Br)cc2c1=O. The van der Waals surface area contributed by atoms with Gasteiger partial charge in [-0.15, -0.1) is 0 Å². The van der Waals surface area contributed by atoms with Gasteiger partial charge >= 0.3 is 0 Å². The highest BCUT2D eigenvalue weighted by atomic mass is 79.9. The van der Waals surface area contributed by atoms with Crippen molar-refractivity contribution in [2.75, 3.05) is 0 Å². The van der Waals surface area contributed by atoms with Crippen LogP contribution < -0.4 is 5.56 Å². The molecule has 2 aromatic rings. The fourth-order valence-electron chi connectivity index (χ4n) is 1.31. The van der Waals surface area contributed by atoms with Crippen molar-refractivity contribution in [3.8, 4) is 0 Å². The number of hydrogen-bond acceptors (Lipinski definition) is 1. The van der Waals surface area contributed by atoms with E-state index in [4.69, 9.17) is 0 Å². The zero-order chi connectivity index (χ0) is 9.42. The third kappa shape index (κ3) is 1.40. The molecule has 0 unspecified atom stereocenters. The molecular formula is C10H8BrNO. The number of fused-ring (bicyclic) bond motifs is 1. The van der Waals surface area contributed by atoms with Gasteiger partial charge in [0.05, 0.1) is 0 Å². The molecule has 66 valence electrons. The van der Waals surface area contributed by atoms with Crippen molar-refractivity contribution in [3.05, 3.63) is 45.3 Å². The molecule has 0 amide bonds. The van der Waals surface area contributed by atoms with Gasteiger partial charge in [0.2, 0.25) is 0 Å². The molecule has 0 aliphatic rings. The van der Waals surface area contributed by atoms with Crippen LogP contribution in [0.15, 0.2) is 39.7 Å². The van der Waals surface area contributed by atoms with Gasteiger partial charge in [-0.2, -0.15) is 0 Å². The first kappa shape index (κ1) is 8.51. The second-order valence-electron chi connectivity index (χ2n) is 2.96. The third-order valence-corrected chi connectivity index (χ3v) is 2.54. The molecule has 3 heteroatoms. The molecule has 2 nitrogen and oxygen atoms in total. The summed E-state index contributed by atoms with van der Waals surface area (Å²) < 4.78 is 2.51. The lowest BCUT2D eigenvalue weighted by atomic mass is 10.2. The molecule has 0 saturated heterocycles. The summed E-state index contributed by atoms with van der Waals surface area (Å²) in [6.45, 7) is 0. The zero-order valence-electron chi connectivity index (χ0n) is 7.12. The lowest BCUT2D eigenvalue weighted by molar-refractivity contribution is 0.873. The van der Waals surface area contributed by atoms with Crippen LogP contribution in [0.4, 0.5) is 0 Å². The second kappa shape index (κ2) is 3.00. The lowest BCUT2D eigenvalue weighted by Gasteiger charge is -2.00. The van der Waals surface area contributed by atoms with Crippen LogP contribution in [0.25, 0.3) is 10.8 Å². The third-order valence-electron chi connectivity index (χ3n) is 2.04. The summed E-state index contributed by atoms with van der Waals surface area (Å²) in [7, 11) is 1.75. The number of aryl methyl sites for hydroxylation is 1. The largest absolute Gasteiger partial charge is 0.318 e. The standard InChI is InChI=1S/C10H8BrNO/c1-12-5-4-7-2-3-8(11)6-9(7)10(12)13/h2-6H,1H3. The van der Waals surface area contributed by atoms with Crippen LogP contribution in [0.3, 0.4) is 0 Å². The molecule has 0 spiro atoms. The Morgan fingerprint density at radius 3 is 2.85 bits per heavy atom. The van der Waals surface area contributed by atoms with Crippen LogP contribution in [0, 0.1) is 0 Å². The molecule has 0 bridgehead atoms. The van der Waals surface area contributed by atoms with E-state index in [2.05, 4.69) is 15.9 Å². The number of nitrogens with zero attached hydrogens (tertiary/aromatic N) is 1. The molecule has 1 heterocycles. The van der Waals surface area contributed by atoms with Gasteiger partial charge in [0, 0.05) is 23.1 Å². The Morgan fingerprint density at radius 1 is 1.31 bits per heavy atom. The van der Waals surface area contributed by atoms with Crippen molar-refractivity contribution in [1.82, 2.24) is 4.57 Å². The Labute approximate surface area is 83.9 Å². The highest BCUT2D eigenvalue weighted by molar-refractivity contribution is 9.10. The number of rotatable bonds is 0. The summed E-state index contributed by atoms with van der Waals surface area (Å²) in [5.41, 5.74) is 0.0406. The molecular weight excluding hydrogens is 230 g/mol. The number of aromatic nitrogens is 1. The molecule has 0 saturated carbocycles. The minimum absolute atomic E-state index is 0.0406. The molecule has 0 radical (unpaired) electrons. The molecule has 0 aliphatic heterocycles. The molecule has 0 aliphatic carbocycles. The topological polar surface area (TPSA) is 22.0 Å². The van der Waals surface area contributed by atoms with Crippen LogP contribution >= 0.6 is 15.9 Å². The van der Waals surface area contributed by atoms with Gasteiger partial charge in [0.1, 0.15) is 0 Å². The highest BCUT2D eigenvalue weighted by Crippen LogP contribution is 2.15. The predicted octanol–water partition coefficient (Wildman–Crippen LogP) is 2.30. The summed E-state index contributed by atoms with van der Waals surface area (Å²) in [6, 6.07) is 7.64. The quantitative estimate of drug-likeness (QED) is 0.690. The van der Waals surface area contributed by atoms with E-state index in [-0.39, 0.29) is 5.56 Å². The van der Waals surface area contributed by atoms with Crippen LogP contribution in [0.5, 0.6) is 0 Å². The number of hydrogen-bond donors (Lipinski definition) is 0. The molecule has 0 N–H and O–H groups in total. The maximum atomic E-state index is 11.6. The fraction of sp³-hybridized carbons (Fsp3) is 0.100. The average Bonchev–Trinajstić information content (AvgIpc) is 2.12. The molecule has 2 rings (SSSR count). The summed E-state index contributed by atoms with van der Waals surface area (Å²) in [4.78, 5) is 11.6. The van der Waals surface area contributed by atoms with Crippen molar-refractivity contribution in [2.45, 2.75) is 0 Å². The van der Waals surface area contributed by atoms with E-state index >= 15 is 0 Å². The first-order valence-corrected chi connectivity index (χ1v) is 4.73. The lowest BCUT2D eigenvalue weighted by Crippen LogP contribution is -2.15. The van der Waals surface area contributed by atoms with E-state index in [1.165, 1.54) is 0 Å². The summed E-state index contributed by atoms with van der Waals surface area (Å²) in [6.07, 6.45) is 1.78. The van der Waals surface area contributed by atoms with E-state index < -0.39 is 0 Å². The molecule has 0 atom stereocenters. The predicted molar refractivity (Wildman–Crippen MR) is 56.9 cm³/mol. The Balaban J connectivity index is 2.97. The Bertz CT molecular complexity index is 511. The average molecular weight is 238 g/mol. The van der Waals surface area contributed by atoms with Crippen molar-refractivity contribution in [3.63, 3.8) is 0 Å². The minimum atomic E-state index is 0.0406. The van der Waals surface area contributed by atoms with Crippen molar-refractivity contribution in [1.29, 1.82) is 0 Å². The van der Waals surface area contributed by atoms with E-state index in [0.29, 0.717) is 0 Å². The van der Waals surface area contributed by atoms with Gasteiger partial charge in [-0.3, -0.25) is 4.79 Å². The van der Waals surface area contributed by atoms with E-state index in [1.54, 1.807) is 17.8 Å². The Hall–Kier alpha value is -1.09. The normalized spacial score (nSPS) is 10.6.